The third-order valence-corrected chi connectivity index (χ3v) is 5.62. The van der Waals surface area contributed by atoms with Gasteiger partial charge in [0, 0.05) is 37.2 Å². The lowest BCUT2D eigenvalue weighted by Crippen LogP contribution is -2.37. The number of hydrogen-bond acceptors (Lipinski definition) is 5. The quantitative estimate of drug-likeness (QED) is 0.906. The lowest BCUT2D eigenvalue weighted by Gasteiger charge is -2.32. The molecule has 1 saturated heterocycles. The minimum atomic E-state index is 0.0739. The molecule has 1 aromatic heterocycles. The summed E-state index contributed by atoms with van der Waals surface area (Å²) in [5.74, 6) is 2.28. The largest absolute Gasteiger partial charge is 0.373 e. The third-order valence-electron chi connectivity index (χ3n) is 5.62. The van der Waals surface area contributed by atoms with Crippen molar-refractivity contribution in [3.05, 3.63) is 53.0 Å². The SMILES string of the molecule is CNc1nc(C2CCCN(C)C2)nc2c1CCN(C(=O)c1ccccc1)C2. The number of hydrogen-bond donors (Lipinski definition) is 1. The molecule has 4 rings (SSSR count). The van der Waals surface area contributed by atoms with E-state index in [9.17, 15) is 4.79 Å². The zero-order valence-corrected chi connectivity index (χ0v) is 16.1. The zero-order valence-electron chi connectivity index (χ0n) is 16.1. The smallest absolute Gasteiger partial charge is 0.254 e. The highest BCUT2D eigenvalue weighted by atomic mass is 16.2. The van der Waals surface area contributed by atoms with Crippen LogP contribution in [0.2, 0.25) is 0 Å². The maximum Gasteiger partial charge on any atom is 0.254 e. The molecule has 1 aromatic carbocycles. The number of fused-ring (bicyclic) bond motifs is 1. The molecule has 0 saturated carbocycles. The summed E-state index contributed by atoms with van der Waals surface area (Å²) in [5.41, 5.74) is 2.88. The fourth-order valence-electron chi connectivity index (χ4n) is 4.15. The van der Waals surface area contributed by atoms with Gasteiger partial charge in [0.2, 0.25) is 0 Å². The number of likely N-dealkylation sites (N-methyl/N-ethyl adjacent to an activating group) is 1. The van der Waals surface area contributed by atoms with E-state index < -0.39 is 0 Å². The van der Waals surface area contributed by atoms with Crippen LogP contribution in [0.3, 0.4) is 0 Å². The Morgan fingerprint density at radius 1 is 1.19 bits per heavy atom. The molecule has 1 unspecified atom stereocenters. The van der Waals surface area contributed by atoms with Crippen LogP contribution >= 0.6 is 0 Å². The van der Waals surface area contributed by atoms with E-state index in [-0.39, 0.29) is 5.91 Å². The highest BCUT2D eigenvalue weighted by molar-refractivity contribution is 5.94. The van der Waals surface area contributed by atoms with Gasteiger partial charge in [-0.25, -0.2) is 9.97 Å². The Kier molecular flexibility index (Phi) is 5.07. The average Bonchev–Trinajstić information content (AvgIpc) is 2.72. The van der Waals surface area contributed by atoms with Gasteiger partial charge >= 0.3 is 0 Å². The van der Waals surface area contributed by atoms with Crippen LogP contribution in [0.5, 0.6) is 0 Å². The summed E-state index contributed by atoms with van der Waals surface area (Å²) in [6.07, 6.45) is 3.09. The van der Waals surface area contributed by atoms with Crippen LogP contribution in [-0.4, -0.2) is 59.4 Å². The molecule has 1 amide bonds. The van der Waals surface area contributed by atoms with Crippen molar-refractivity contribution in [3.8, 4) is 0 Å². The maximum absolute atomic E-state index is 12.9. The van der Waals surface area contributed by atoms with Gasteiger partial charge in [-0.3, -0.25) is 4.79 Å². The predicted molar refractivity (Wildman–Crippen MR) is 106 cm³/mol. The third kappa shape index (κ3) is 3.67. The van der Waals surface area contributed by atoms with E-state index in [1.54, 1.807) is 0 Å². The number of piperidine rings is 1. The van der Waals surface area contributed by atoms with Crippen molar-refractivity contribution in [1.82, 2.24) is 19.8 Å². The van der Waals surface area contributed by atoms with Gasteiger partial charge in [-0.1, -0.05) is 18.2 Å². The second-order valence-electron chi connectivity index (χ2n) is 7.55. The summed E-state index contributed by atoms with van der Waals surface area (Å²) < 4.78 is 0. The molecule has 1 atom stereocenters. The predicted octanol–water partition coefficient (Wildman–Crippen LogP) is 2.53. The lowest BCUT2D eigenvalue weighted by atomic mass is 9.96. The number of nitrogens with one attached hydrogen (secondary N) is 1. The van der Waals surface area contributed by atoms with Gasteiger partial charge in [0.05, 0.1) is 12.2 Å². The fourth-order valence-corrected chi connectivity index (χ4v) is 4.15. The van der Waals surface area contributed by atoms with Crippen LogP contribution in [0.25, 0.3) is 0 Å². The van der Waals surface area contributed by atoms with Gasteiger partial charge in [0.1, 0.15) is 11.6 Å². The standard InChI is InChI=1S/C21H27N5O/c1-22-20-17-10-12-26(21(27)15-7-4-3-5-8-15)14-18(17)23-19(24-20)16-9-6-11-25(2)13-16/h3-5,7-8,16H,6,9-14H2,1-2H3,(H,22,23,24). The van der Waals surface area contributed by atoms with Crippen molar-refractivity contribution in [2.75, 3.05) is 39.0 Å². The van der Waals surface area contributed by atoms with Gasteiger partial charge in [-0.05, 0) is 45.0 Å². The Labute approximate surface area is 160 Å². The Bertz CT molecular complexity index is 823. The number of anilines is 1. The zero-order chi connectivity index (χ0) is 18.8. The highest BCUT2D eigenvalue weighted by Gasteiger charge is 2.28. The topological polar surface area (TPSA) is 61.4 Å². The second-order valence-corrected chi connectivity index (χ2v) is 7.55. The van der Waals surface area contributed by atoms with Crippen LogP contribution in [0.1, 0.15) is 46.2 Å². The molecular weight excluding hydrogens is 338 g/mol. The molecule has 6 nitrogen and oxygen atoms in total. The Hall–Kier alpha value is -2.47. The maximum atomic E-state index is 12.9. The molecule has 0 bridgehead atoms. The molecule has 0 aliphatic carbocycles. The van der Waals surface area contributed by atoms with Crippen molar-refractivity contribution in [3.63, 3.8) is 0 Å². The van der Waals surface area contributed by atoms with Gasteiger partial charge in [0.15, 0.2) is 0 Å². The van der Waals surface area contributed by atoms with Crippen molar-refractivity contribution < 1.29 is 4.79 Å². The number of rotatable bonds is 3. The number of aromatic nitrogens is 2. The number of nitrogens with zero attached hydrogens (tertiary/aromatic N) is 4. The first-order valence-electron chi connectivity index (χ1n) is 9.76. The molecule has 2 aromatic rings. The Morgan fingerprint density at radius 2 is 2.00 bits per heavy atom. The minimum absolute atomic E-state index is 0.0739. The summed E-state index contributed by atoms with van der Waals surface area (Å²) in [5, 5.41) is 3.25. The molecule has 0 spiro atoms. The van der Waals surface area contributed by atoms with E-state index >= 15 is 0 Å². The van der Waals surface area contributed by atoms with E-state index in [1.165, 1.54) is 6.42 Å². The first-order chi connectivity index (χ1) is 13.2. The highest BCUT2D eigenvalue weighted by Crippen LogP contribution is 2.29. The van der Waals surface area contributed by atoms with E-state index in [4.69, 9.17) is 9.97 Å². The molecule has 1 N–H and O–H groups in total. The fraction of sp³-hybridized carbons (Fsp3) is 0.476. The normalized spacial score (nSPS) is 20.2. The van der Waals surface area contributed by atoms with Crippen LogP contribution < -0.4 is 5.32 Å². The molecule has 2 aliphatic rings. The van der Waals surface area contributed by atoms with E-state index in [0.29, 0.717) is 19.0 Å². The average molecular weight is 365 g/mol. The van der Waals surface area contributed by atoms with Gasteiger partial charge in [-0.15, -0.1) is 0 Å². The molecule has 0 radical (unpaired) electrons. The number of carbonyl (C=O) groups excluding carboxylic acids is 1. The van der Waals surface area contributed by atoms with E-state index in [2.05, 4.69) is 17.3 Å². The van der Waals surface area contributed by atoms with E-state index in [0.717, 1.165) is 54.4 Å². The van der Waals surface area contributed by atoms with Crippen LogP contribution in [0, 0.1) is 0 Å². The summed E-state index contributed by atoms with van der Waals surface area (Å²) in [4.78, 5) is 26.9. The molecule has 27 heavy (non-hydrogen) atoms. The number of carbonyl (C=O) groups is 1. The van der Waals surface area contributed by atoms with Crippen molar-refractivity contribution in [2.24, 2.45) is 0 Å². The summed E-state index contributed by atoms with van der Waals surface area (Å²) in [6, 6.07) is 9.50. The number of benzene rings is 1. The number of likely N-dealkylation sites (tertiary alicyclic amines) is 1. The molecule has 1 fully saturated rings. The van der Waals surface area contributed by atoms with Crippen LogP contribution in [0.15, 0.2) is 30.3 Å². The van der Waals surface area contributed by atoms with Gasteiger partial charge in [-0.2, -0.15) is 0 Å². The van der Waals surface area contributed by atoms with E-state index in [1.807, 2.05) is 42.3 Å². The molecule has 6 heteroatoms. The van der Waals surface area contributed by atoms with Crippen molar-refractivity contribution in [1.29, 1.82) is 0 Å². The van der Waals surface area contributed by atoms with Crippen LogP contribution in [-0.2, 0) is 13.0 Å². The van der Waals surface area contributed by atoms with Gasteiger partial charge in [0.25, 0.3) is 5.91 Å². The summed E-state index contributed by atoms with van der Waals surface area (Å²) >= 11 is 0. The Balaban J connectivity index is 1.61. The molecule has 2 aliphatic heterocycles. The second kappa shape index (κ2) is 7.64. The monoisotopic (exact) mass is 365 g/mol. The summed E-state index contributed by atoms with van der Waals surface area (Å²) in [6.45, 7) is 3.38. The first-order valence-corrected chi connectivity index (χ1v) is 9.76. The first kappa shape index (κ1) is 17.9. The molecular formula is C21H27N5O. The summed E-state index contributed by atoms with van der Waals surface area (Å²) in [7, 11) is 4.07. The lowest BCUT2D eigenvalue weighted by molar-refractivity contribution is 0.0731. The minimum Gasteiger partial charge on any atom is -0.373 e. The van der Waals surface area contributed by atoms with Crippen LogP contribution in [0.4, 0.5) is 5.82 Å². The van der Waals surface area contributed by atoms with Crippen molar-refractivity contribution in [2.45, 2.75) is 31.7 Å². The van der Waals surface area contributed by atoms with Gasteiger partial charge < -0.3 is 15.1 Å². The molecule has 3 heterocycles. The molecule has 142 valence electrons. The Morgan fingerprint density at radius 3 is 2.74 bits per heavy atom. The number of amides is 1. The van der Waals surface area contributed by atoms with Crippen molar-refractivity contribution >= 4 is 11.7 Å².